The molecule has 40 heavy (non-hydrogen) atoms. The Morgan fingerprint density at radius 3 is 2.35 bits per heavy atom. The first-order valence-electron chi connectivity index (χ1n) is 13.4. The summed E-state index contributed by atoms with van der Waals surface area (Å²) >= 11 is 3.48. The maximum atomic E-state index is 13.4. The molecule has 2 aliphatic heterocycles. The first kappa shape index (κ1) is 27.9. The van der Waals surface area contributed by atoms with Gasteiger partial charge in [0.05, 0.1) is 18.8 Å². The van der Waals surface area contributed by atoms with E-state index in [1.807, 2.05) is 79.4 Å². The Morgan fingerprint density at radius 2 is 1.65 bits per heavy atom. The number of carbonyl (C=O) groups excluding carboxylic acids is 3. The van der Waals surface area contributed by atoms with Gasteiger partial charge in [-0.2, -0.15) is 0 Å². The number of benzene rings is 3. The van der Waals surface area contributed by atoms with E-state index in [9.17, 15) is 14.4 Å². The molecule has 3 aromatic carbocycles. The van der Waals surface area contributed by atoms with Gasteiger partial charge in [-0.25, -0.2) is 4.79 Å². The molecule has 0 N–H and O–H groups in total. The number of hydrogen-bond acceptors (Lipinski definition) is 5. The van der Waals surface area contributed by atoms with Crippen LogP contribution in [0.1, 0.15) is 41.8 Å². The molecule has 208 valence electrons. The molecule has 2 aliphatic rings. The number of morpholine rings is 1. The zero-order valence-corrected chi connectivity index (χ0v) is 24.2. The fraction of sp³-hybridized carbons (Fsp3) is 0.323. The Hall–Kier alpha value is -3.69. The van der Waals surface area contributed by atoms with Crippen LogP contribution in [-0.2, 0) is 22.6 Å². The number of para-hydroxylation sites is 1. The first-order valence-corrected chi connectivity index (χ1v) is 14.2. The van der Waals surface area contributed by atoms with Gasteiger partial charge in [0.25, 0.3) is 5.91 Å². The van der Waals surface area contributed by atoms with Crippen molar-refractivity contribution in [2.24, 2.45) is 0 Å². The summed E-state index contributed by atoms with van der Waals surface area (Å²) < 4.78 is 12.7. The first-order chi connectivity index (χ1) is 19.3. The second-order valence-corrected chi connectivity index (χ2v) is 11.2. The highest BCUT2D eigenvalue weighted by Crippen LogP contribution is 2.30. The second-order valence-electron chi connectivity index (χ2n) is 10.3. The highest BCUT2D eigenvalue weighted by molar-refractivity contribution is 9.10. The van der Waals surface area contributed by atoms with Gasteiger partial charge in [0.2, 0.25) is 5.91 Å². The summed E-state index contributed by atoms with van der Waals surface area (Å²) in [4.78, 5) is 44.0. The van der Waals surface area contributed by atoms with Gasteiger partial charge in [0.15, 0.2) is 0 Å². The van der Waals surface area contributed by atoms with Crippen LogP contribution < -0.4 is 4.74 Å². The van der Waals surface area contributed by atoms with E-state index in [-0.39, 0.29) is 43.0 Å². The summed E-state index contributed by atoms with van der Waals surface area (Å²) in [6, 6.07) is 21.9. The zero-order valence-electron chi connectivity index (χ0n) is 22.6. The Bertz CT molecular complexity index is 1370. The van der Waals surface area contributed by atoms with Gasteiger partial charge in [-0.15, -0.1) is 0 Å². The predicted octanol–water partition coefficient (Wildman–Crippen LogP) is 5.85. The van der Waals surface area contributed by atoms with Gasteiger partial charge in [-0.05, 0) is 55.8 Å². The standard InChI is InChI=1S/C31H32BrN3O5/c1-21-17-34(18-22(2)39-21)30(37)24-10-8-23(9-11-24)19-33-15-14-29(36)35(31(33)38)20-25-12-13-26(32)16-28(25)40-27-6-4-3-5-7-27/h3-13,16,21-22H,14-15,17-20H2,1-2H3. The molecule has 2 saturated heterocycles. The summed E-state index contributed by atoms with van der Waals surface area (Å²) in [5.41, 5.74) is 2.22. The molecule has 8 nitrogen and oxygen atoms in total. The molecule has 0 saturated carbocycles. The minimum absolute atomic E-state index is 0.00105. The van der Waals surface area contributed by atoms with Crippen LogP contribution in [0.15, 0.2) is 77.3 Å². The number of urea groups is 1. The van der Waals surface area contributed by atoms with Crippen LogP contribution >= 0.6 is 15.9 Å². The molecule has 9 heteroatoms. The molecule has 2 atom stereocenters. The molecule has 0 aliphatic carbocycles. The van der Waals surface area contributed by atoms with Gasteiger partial charge in [0.1, 0.15) is 11.5 Å². The third kappa shape index (κ3) is 6.54. The Kier molecular flexibility index (Phi) is 8.52. The highest BCUT2D eigenvalue weighted by atomic mass is 79.9. The summed E-state index contributed by atoms with van der Waals surface area (Å²) in [7, 11) is 0. The van der Waals surface area contributed by atoms with Gasteiger partial charge in [-0.1, -0.05) is 52.3 Å². The van der Waals surface area contributed by atoms with Gasteiger partial charge in [-0.3, -0.25) is 14.5 Å². The number of hydrogen-bond donors (Lipinski definition) is 0. The average Bonchev–Trinajstić information content (AvgIpc) is 2.94. The number of nitrogens with zero attached hydrogens (tertiary/aromatic N) is 3. The molecule has 0 radical (unpaired) electrons. The van der Waals surface area contributed by atoms with Gasteiger partial charge >= 0.3 is 6.03 Å². The monoisotopic (exact) mass is 605 g/mol. The molecule has 0 bridgehead atoms. The largest absolute Gasteiger partial charge is 0.457 e. The van der Waals surface area contributed by atoms with Crippen molar-refractivity contribution in [3.05, 3.63) is 94.0 Å². The van der Waals surface area contributed by atoms with Crippen LogP contribution in [0.3, 0.4) is 0 Å². The lowest BCUT2D eigenvalue weighted by Gasteiger charge is -2.35. The molecular formula is C31H32BrN3O5. The normalized spacial score (nSPS) is 19.6. The van der Waals surface area contributed by atoms with E-state index in [1.54, 1.807) is 17.0 Å². The molecule has 2 fully saturated rings. The number of rotatable bonds is 7. The lowest BCUT2D eigenvalue weighted by Crippen LogP contribution is -2.51. The van der Waals surface area contributed by atoms with Crippen molar-refractivity contribution < 1.29 is 23.9 Å². The van der Waals surface area contributed by atoms with Crippen molar-refractivity contribution in [2.45, 2.75) is 45.6 Å². The van der Waals surface area contributed by atoms with Crippen molar-refractivity contribution in [3.8, 4) is 11.5 Å². The Labute approximate surface area is 242 Å². The minimum Gasteiger partial charge on any atom is -0.457 e. The van der Waals surface area contributed by atoms with E-state index in [1.165, 1.54) is 4.90 Å². The Morgan fingerprint density at radius 1 is 0.950 bits per heavy atom. The summed E-state index contributed by atoms with van der Waals surface area (Å²) in [6.45, 7) is 5.85. The maximum Gasteiger partial charge on any atom is 0.327 e. The number of imide groups is 1. The third-order valence-corrected chi connectivity index (χ3v) is 7.50. The SMILES string of the molecule is CC1CN(C(=O)c2ccc(CN3CCC(=O)N(Cc4ccc(Br)cc4Oc4ccccc4)C3=O)cc2)CC(C)O1. The van der Waals surface area contributed by atoms with E-state index in [2.05, 4.69) is 15.9 Å². The molecule has 2 unspecified atom stereocenters. The topological polar surface area (TPSA) is 79.4 Å². The lowest BCUT2D eigenvalue weighted by molar-refractivity contribution is -0.131. The van der Waals surface area contributed by atoms with E-state index in [0.717, 1.165) is 15.6 Å². The van der Waals surface area contributed by atoms with Crippen LogP contribution in [0.25, 0.3) is 0 Å². The van der Waals surface area contributed by atoms with Crippen LogP contribution in [0.2, 0.25) is 0 Å². The minimum atomic E-state index is -0.346. The summed E-state index contributed by atoms with van der Waals surface area (Å²) in [6.07, 6.45) is 0.239. The molecule has 0 spiro atoms. The van der Waals surface area contributed by atoms with Gasteiger partial charge in [0, 0.05) is 48.2 Å². The highest BCUT2D eigenvalue weighted by Gasteiger charge is 2.33. The smallest absolute Gasteiger partial charge is 0.327 e. The molecular weight excluding hydrogens is 574 g/mol. The molecule has 2 heterocycles. The quantitative estimate of drug-likeness (QED) is 0.338. The summed E-state index contributed by atoms with van der Waals surface area (Å²) in [5.74, 6) is 0.995. The van der Waals surface area contributed by atoms with Gasteiger partial charge < -0.3 is 19.3 Å². The number of amides is 4. The second kappa shape index (κ2) is 12.2. The molecule has 0 aromatic heterocycles. The van der Waals surface area contributed by atoms with Crippen LogP contribution in [0, 0.1) is 0 Å². The van der Waals surface area contributed by atoms with Crippen LogP contribution in [0.5, 0.6) is 11.5 Å². The lowest BCUT2D eigenvalue weighted by atomic mass is 10.1. The zero-order chi connectivity index (χ0) is 28.2. The van der Waals surface area contributed by atoms with Crippen molar-refractivity contribution in [1.82, 2.24) is 14.7 Å². The van der Waals surface area contributed by atoms with Crippen molar-refractivity contribution in [1.29, 1.82) is 0 Å². The van der Waals surface area contributed by atoms with Crippen molar-refractivity contribution >= 4 is 33.8 Å². The average molecular weight is 607 g/mol. The maximum absolute atomic E-state index is 13.4. The molecule has 3 aromatic rings. The third-order valence-electron chi connectivity index (χ3n) is 7.01. The number of carbonyl (C=O) groups is 3. The predicted molar refractivity (Wildman–Crippen MR) is 154 cm³/mol. The van der Waals surface area contributed by atoms with E-state index >= 15 is 0 Å². The molecule has 4 amide bonds. The van der Waals surface area contributed by atoms with E-state index in [4.69, 9.17) is 9.47 Å². The van der Waals surface area contributed by atoms with Crippen molar-refractivity contribution in [3.63, 3.8) is 0 Å². The van der Waals surface area contributed by atoms with Crippen molar-refractivity contribution in [2.75, 3.05) is 19.6 Å². The summed E-state index contributed by atoms with van der Waals surface area (Å²) in [5, 5.41) is 0. The molecule has 5 rings (SSSR count). The fourth-order valence-corrected chi connectivity index (χ4v) is 5.42. The van der Waals surface area contributed by atoms with Crippen LogP contribution in [-0.4, -0.2) is 64.4 Å². The number of ether oxygens (including phenoxy) is 2. The van der Waals surface area contributed by atoms with E-state index < -0.39 is 0 Å². The van der Waals surface area contributed by atoms with Crippen LogP contribution in [0.4, 0.5) is 4.79 Å². The number of halogens is 1. The fourth-order valence-electron chi connectivity index (χ4n) is 5.08. The van der Waals surface area contributed by atoms with E-state index in [0.29, 0.717) is 43.2 Å². The Balaban J connectivity index is 1.26.